The minimum atomic E-state index is -0.00110. The molecule has 0 bridgehead atoms. The van der Waals surface area contributed by atoms with Crippen LogP contribution >= 0.6 is 23.1 Å². The number of hydrogen-bond donors (Lipinski definition) is 1. The Morgan fingerprint density at radius 2 is 2.24 bits per heavy atom. The Kier molecular flexibility index (Phi) is 2.88. The Morgan fingerprint density at radius 3 is 3.00 bits per heavy atom. The van der Waals surface area contributed by atoms with E-state index in [0.717, 1.165) is 16.4 Å². The number of hydrogen-bond acceptors (Lipinski definition) is 4. The second-order valence-electron chi connectivity index (χ2n) is 3.48. The van der Waals surface area contributed by atoms with Gasteiger partial charge in [0.25, 0.3) is 0 Å². The maximum absolute atomic E-state index is 9.46. The molecule has 3 nitrogen and oxygen atoms in total. The van der Waals surface area contributed by atoms with Gasteiger partial charge in [0.05, 0.1) is 16.5 Å². The minimum Gasteiger partial charge on any atom is -0.390 e. The van der Waals surface area contributed by atoms with Crippen molar-refractivity contribution in [1.29, 1.82) is 0 Å². The fraction of sp³-hybridized carbons (Fsp3) is 0.0833. The normalized spacial score (nSPS) is 11.1. The SMILES string of the molecule is OCc1c(Sc2cccs2)nc2ccccn12. The first-order valence-electron chi connectivity index (χ1n) is 5.16. The summed E-state index contributed by atoms with van der Waals surface area (Å²) in [6.07, 6.45) is 1.92. The summed E-state index contributed by atoms with van der Waals surface area (Å²) >= 11 is 3.28. The summed E-state index contributed by atoms with van der Waals surface area (Å²) in [7, 11) is 0. The maximum atomic E-state index is 9.46. The van der Waals surface area contributed by atoms with E-state index in [0.29, 0.717) is 0 Å². The lowest BCUT2D eigenvalue weighted by Gasteiger charge is -1.99. The Bertz CT molecular complexity index is 631. The van der Waals surface area contributed by atoms with E-state index in [1.165, 1.54) is 4.21 Å². The van der Waals surface area contributed by atoms with Crippen LogP contribution in [0, 0.1) is 0 Å². The van der Waals surface area contributed by atoms with Gasteiger partial charge in [-0.2, -0.15) is 0 Å². The van der Waals surface area contributed by atoms with E-state index in [-0.39, 0.29) is 6.61 Å². The molecule has 0 atom stereocenters. The van der Waals surface area contributed by atoms with Gasteiger partial charge in [-0.25, -0.2) is 4.98 Å². The van der Waals surface area contributed by atoms with Crippen molar-refractivity contribution in [3.05, 3.63) is 47.6 Å². The van der Waals surface area contributed by atoms with Crippen LogP contribution in [0.15, 0.2) is 51.1 Å². The summed E-state index contributed by atoms with van der Waals surface area (Å²) in [6.45, 7) is -0.00110. The van der Waals surface area contributed by atoms with Gasteiger partial charge in [0.1, 0.15) is 10.7 Å². The van der Waals surface area contributed by atoms with Crippen LogP contribution in [-0.2, 0) is 6.61 Å². The molecule has 0 aliphatic carbocycles. The highest BCUT2D eigenvalue weighted by Crippen LogP contribution is 2.33. The number of aliphatic hydroxyl groups is 1. The molecule has 0 amide bonds. The zero-order valence-electron chi connectivity index (χ0n) is 8.91. The van der Waals surface area contributed by atoms with E-state index in [1.54, 1.807) is 23.1 Å². The molecule has 0 radical (unpaired) electrons. The van der Waals surface area contributed by atoms with Crippen LogP contribution in [0.3, 0.4) is 0 Å². The van der Waals surface area contributed by atoms with Gasteiger partial charge >= 0.3 is 0 Å². The van der Waals surface area contributed by atoms with E-state index >= 15 is 0 Å². The quantitative estimate of drug-likeness (QED) is 0.788. The number of rotatable bonds is 3. The van der Waals surface area contributed by atoms with Crippen molar-refractivity contribution in [1.82, 2.24) is 9.38 Å². The lowest BCUT2D eigenvalue weighted by atomic mass is 10.4. The van der Waals surface area contributed by atoms with E-state index in [2.05, 4.69) is 11.1 Å². The average Bonchev–Trinajstić information content (AvgIpc) is 2.96. The van der Waals surface area contributed by atoms with Gasteiger partial charge in [-0.3, -0.25) is 0 Å². The van der Waals surface area contributed by atoms with Gasteiger partial charge in [0.2, 0.25) is 0 Å². The molecule has 0 spiro atoms. The first-order valence-corrected chi connectivity index (χ1v) is 6.86. The summed E-state index contributed by atoms with van der Waals surface area (Å²) in [6, 6.07) is 9.90. The highest BCUT2D eigenvalue weighted by Gasteiger charge is 2.12. The number of aromatic nitrogens is 2. The van der Waals surface area contributed by atoms with Crippen molar-refractivity contribution in [2.24, 2.45) is 0 Å². The molecule has 5 heteroatoms. The third kappa shape index (κ3) is 1.97. The zero-order chi connectivity index (χ0) is 11.7. The van der Waals surface area contributed by atoms with Crippen molar-refractivity contribution in [3.8, 4) is 0 Å². The Morgan fingerprint density at radius 1 is 1.29 bits per heavy atom. The molecule has 0 aliphatic heterocycles. The first kappa shape index (κ1) is 10.8. The second-order valence-corrected chi connectivity index (χ2v) is 5.72. The largest absolute Gasteiger partial charge is 0.390 e. The Labute approximate surface area is 107 Å². The van der Waals surface area contributed by atoms with Crippen LogP contribution in [0.25, 0.3) is 5.65 Å². The van der Waals surface area contributed by atoms with Crippen molar-refractivity contribution >= 4 is 28.7 Å². The molecule has 3 rings (SSSR count). The molecule has 0 aromatic carbocycles. The molecule has 1 N–H and O–H groups in total. The average molecular weight is 262 g/mol. The molecule has 3 aromatic rings. The lowest BCUT2D eigenvalue weighted by molar-refractivity contribution is 0.272. The molecule has 0 saturated heterocycles. The van der Waals surface area contributed by atoms with Crippen LogP contribution in [0.2, 0.25) is 0 Å². The predicted molar refractivity (Wildman–Crippen MR) is 69.6 cm³/mol. The third-order valence-corrected chi connectivity index (χ3v) is 4.49. The molecule has 0 fully saturated rings. The Balaban J connectivity index is 2.09. The number of imidazole rings is 1. The highest BCUT2D eigenvalue weighted by atomic mass is 32.2. The fourth-order valence-corrected chi connectivity index (χ4v) is 3.47. The predicted octanol–water partition coefficient (Wildman–Crippen LogP) is 3.04. The van der Waals surface area contributed by atoms with Crippen LogP contribution in [0.1, 0.15) is 5.69 Å². The van der Waals surface area contributed by atoms with Crippen LogP contribution in [-0.4, -0.2) is 14.5 Å². The van der Waals surface area contributed by atoms with Gasteiger partial charge in [-0.1, -0.05) is 23.9 Å². The third-order valence-electron chi connectivity index (χ3n) is 2.43. The molecule has 86 valence electrons. The number of aliphatic hydroxyl groups excluding tert-OH is 1. The van der Waals surface area contributed by atoms with Crippen molar-refractivity contribution < 1.29 is 5.11 Å². The van der Waals surface area contributed by atoms with E-state index in [9.17, 15) is 5.11 Å². The van der Waals surface area contributed by atoms with Crippen LogP contribution in [0.4, 0.5) is 0 Å². The lowest BCUT2D eigenvalue weighted by Crippen LogP contribution is -1.92. The maximum Gasteiger partial charge on any atom is 0.138 e. The summed E-state index contributed by atoms with van der Waals surface area (Å²) < 4.78 is 3.11. The van der Waals surface area contributed by atoms with E-state index < -0.39 is 0 Å². The zero-order valence-corrected chi connectivity index (χ0v) is 10.5. The van der Waals surface area contributed by atoms with Gasteiger partial charge in [0.15, 0.2) is 0 Å². The van der Waals surface area contributed by atoms with Gasteiger partial charge in [-0.15, -0.1) is 11.3 Å². The van der Waals surface area contributed by atoms with Crippen LogP contribution in [0.5, 0.6) is 0 Å². The topological polar surface area (TPSA) is 37.5 Å². The molecular weight excluding hydrogens is 252 g/mol. The first-order chi connectivity index (χ1) is 8.38. The van der Waals surface area contributed by atoms with Crippen molar-refractivity contribution in [3.63, 3.8) is 0 Å². The number of fused-ring (bicyclic) bond motifs is 1. The molecule has 3 heterocycles. The van der Waals surface area contributed by atoms with Gasteiger partial charge in [0, 0.05) is 6.20 Å². The molecule has 17 heavy (non-hydrogen) atoms. The van der Waals surface area contributed by atoms with Crippen molar-refractivity contribution in [2.75, 3.05) is 0 Å². The monoisotopic (exact) mass is 262 g/mol. The number of pyridine rings is 1. The standard InChI is InChI=1S/C12H10N2OS2/c15-8-9-12(17-11-5-3-7-16-11)13-10-4-1-2-6-14(9)10/h1-7,15H,8H2. The summed E-state index contributed by atoms with van der Waals surface area (Å²) in [4.78, 5) is 4.53. The Hall–Kier alpha value is -1.30. The molecular formula is C12H10N2OS2. The van der Waals surface area contributed by atoms with Crippen molar-refractivity contribution in [2.45, 2.75) is 15.8 Å². The molecule has 0 saturated carbocycles. The minimum absolute atomic E-state index is 0.00110. The molecule has 0 aliphatic rings. The van der Waals surface area contributed by atoms with E-state index in [4.69, 9.17) is 0 Å². The number of nitrogens with zero attached hydrogens (tertiary/aromatic N) is 2. The summed E-state index contributed by atoms with van der Waals surface area (Å²) in [5, 5.41) is 12.4. The summed E-state index contributed by atoms with van der Waals surface area (Å²) in [5.41, 5.74) is 1.72. The second kappa shape index (κ2) is 4.52. The fourth-order valence-electron chi connectivity index (χ4n) is 1.67. The van der Waals surface area contributed by atoms with E-state index in [1.807, 2.05) is 40.2 Å². The van der Waals surface area contributed by atoms with Gasteiger partial charge < -0.3 is 9.51 Å². The van der Waals surface area contributed by atoms with Crippen LogP contribution < -0.4 is 0 Å². The smallest absolute Gasteiger partial charge is 0.138 e. The molecule has 0 unspecified atom stereocenters. The summed E-state index contributed by atoms with van der Waals surface area (Å²) in [5.74, 6) is 0. The van der Waals surface area contributed by atoms with Gasteiger partial charge in [-0.05, 0) is 23.6 Å². The highest BCUT2D eigenvalue weighted by molar-refractivity contribution is 8.01. The molecule has 3 aromatic heterocycles. The number of thiophene rings is 1.